The Kier molecular flexibility index (Phi) is 7.28. The van der Waals surface area contributed by atoms with Crippen LogP contribution in [0.5, 0.6) is 0 Å². The fourth-order valence-corrected chi connectivity index (χ4v) is 2.14. The average Bonchev–Trinajstić information content (AvgIpc) is 2.55. The van der Waals surface area contributed by atoms with E-state index in [1.54, 1.807) is 0 Å². The molecule has 0 aromatic carbocycles. The molecule has 0 aliphatic carbocycles. The first-order valence-electron chi connectivity index (χ1n) is 5.98. The molecule has 0 radical (unpaired) electrons. The van der Waals surface area contributed by atoms with Gasteiger partial charge >= 0.3 is 0 Å². The van der Waals surface area contributed by atoms with Crippen LogP contribution >= 0.6 is 0 Å². The van der Waals surface area contributed by atoms with Crippen LogP contribution in [-0.4, -0.2) is 36.2 Å². The molecule has 0 saturated heterocycles. The molecule has 1 rings (SSSR count). The number of rotatable bonds is 6. The quantitative estimate of drug-likeness (QED) is 0.607. The van der Waals surface area contributed by atoms with Gasteiger partial charge in [0.05, 0.1) is 19.3 Å². The second-order valence-electron chi connectivity index (χ2n) is 4.57. The highest BCUT2D eigenvalue weighted by Gasteiger charge is 2.29. The van der Waals surface area contributed by atoms with Gasteiger partial charge in [0.2, 0.25) is 0 Å². The third-order valence-electron chi connectivity index (χ3n) is 3.06. The number of unbranched alkanes of at least 4 members (excludes halogenated alkanes) is 2. The van der Waals surface area contributed by atoms with Crippen LogP contribution in [0, 0.1) is 0 Å². The molecular weight excluding hydrogens is 252 g/mol. The molecular formula is C12H25BrN2. The Balaban J connectivity index is 0.00000196. The summed E-state index contributed by atoms with van der Waals surface area (Å²) in [6, 6.07) is 0. The summed E-state index contributed by atoms with van der Waals surface area (Å²) < 4.78 is 1.19. The SMILES string of the molecule is CCCC[N+]1(CCCC)C=CN(C)C1.[Br-]. The van der Waals surface area contributed by atoms with Gasteiger partial charge in [-0.05, 0) is 12.8 Å². The number of nitrogens with zero attached hydrogens (tertiary/aromatic N) is 2. The Labute approximate surface area is 105 Å². The summed E-state index contributed by atoms with van der Waals surface area (Å²) in [5, 5.41) is 0. The Morgan fingerprint density at radius 2 is 1.67 bits per heavy atom. The molecule has 1 heterocycles. The Morgan fingerprint density at radius 1 is 1.13 bits per heavy atom. The van der Waals surface area contributed by atoms with Gasteiger partial charge in [0.1, 0.15) is 6.20 Å². The van der Waals surface area contributed by atoms with E-state index in [1.165, 1.54) is 49.9 Å². The van der Waals surface area contributed by atoms with Gasteiger partial charge < -0.3 is 21.9 Å². The van der Waals surface area contributed by atoms with Crippen LogP contribution < -0.4 is 17.0 Å². The van der Waals surface area contributed by atoms with Crippen LogP contribution in [0.1, 0.15) is 39.5 Å². The van der Waals surface area contributed by atoms with Gasteiger partial charge in [-0.25, -0.2) is 0 Å². The smallest absolute Gasteiger partial charge is 0.158 e. The lowest BCUT2D eigenvalue weighted by atomic mass is 10.2. The minimum atomic E-state index is 0. The van der Waals surface area contributed by atoms with E-state index in [9.17, 15) is 0 Å². The fourth-order valence-electron chi connectivity index (χ4n) is 2.14. The standard InChI is InChI=1S/C12H25N2.BrH/c1-4-6-9-14(10-7-5-2)11-8-13(3)12-14;/h8,11H,4-7,9-10,12H2,1-3H3;1H/q+1;/p-1. The first-order chi connectivity index (χ1) is 6.72. The largest absolute Gasteiger partial charge is 1.00 e. The van der Waals surface area contributed by atoms with Crippen molar-refractivity contribution in [3.05, 3.63) is 12.4 Å². The number of quaternary nitrogens is 1. The number of hydrogen-bond acceptors (Lipinski definition) is 1. The molecule has 0 aromatic heterocycles. The highest BCUT2D eigenvalue weighted by atomic mass is 79.9. The summed E-state index contributed by atoms with van der Waals surface area (Å²) in [7, 11) is 2.17. The summed E-state index contributed by atoms with van der Waals surface area (Å²) in [5.41, 5.74) is 0. The highest BCUT2D eigenvalue weighted by Crippen LogP contribution is 2.19. The van der Waals surface area contributed by atoms with Crippen LogP contribution in [0.4, 0.5) is 0 Å². The molecule has 0 N–H and O–H groups in total. The predicted octanol–water partition coefficient (Wildman–Crippen LogP) is -0.218. The van der Waals surface area contributed by atoms with E-state index >= 15 is 0 Å². The third-order valence-corrected chi connectivity index (χ3v) is 3.06. The van der Waals surface area contributed by atoms with Crippen molar-refractivity contribution in [1.82, 2.24) is 4.90 Å². The molecule has 2 nitrogen and oxygen atoms in total. The average molecular weight is 277 g/mol. The fraction of sp³-hybridized carbons (Fsp3) is 0.833. The normalized spacial score (nSPS) is 17.9. The molecule has 0 bridgehead atoms. The van der Waals surface area contributed by atoms with E-state index in [2.05, 4.69) is 38.2 Å². The van der Waals surface area contributed by atoms with Crippen molar-refractivity contribution >= 4 is 0 Å². The maximum atomic E-state index is 2.39. The van der Waals surface area contributed by atoms with Crippen LogP contribution in [0.2, 0.25) is 0 Å². The summed E-state index contributed by atoms with van der Waals surface area (Å²) in [4.78, 5) is 2.31. The molecule has 0 spiro atoms. The van der Waals surface area contributed by atoms with Crippen molar-refractivity contribution in [2.24, 2.45) is 0 Å². The van der Waals surface area contributed by atoms with Gasteiger partial charge in [0.25, 0.3) is 0 Å². The van der Waals surface area contributed by atoms with Crippen LogP contribution in [0.25, 0.3) is 0 Å². The molecule has 90 valence electrons. The summed E-state index contributed by atoms with van der Waals surface area (Å²) in [6.45, 7) is 8.37. The molecule has 15 heavy (non-hydrogen) atoms. The van der Waals surface area contributed by atoms with Gasteiger partial charge in [-0.15, -0.1) is 0 Å². The summed E-state index contributed by atoms with van der Waals surface area (Å²) >= 11 is 0. The first-order valence-corrected chi connectivity index (χ1v) is 5.98. The molecule has 0 amide bonds. The van der Waals surface area contributed by atoms with E-state index in [0.29, 0.717) is 0 Å². The van der Waals surface area contributed by atoms with E-state index < -0.39 is 0 Å². The van der Waals surface area contributed by atoms with Crippen molar-refractivity contribution in [1.29, 1.82) is 0 Å². The lowest BCUT2D eigenvalue weighted by Gasteiger charge is -2.32. The Morgan fingerprint density at radius 3 is 2.00 bits per heavy atom. The van der Waals surface area contributed by atoms with Gasteiger partial charge in [-0.3, -0.25) is 4.48 Å². The van der Waals surface area contributed by atoms with Crippen molar-refractivity contribution < 1.29 is 21.5 Å². The molecule has 0 saturated carbocycles. The zero-order valence-electron chi connectivity index (χ0n) is 10.4. The van der Waals surface area contributed by atoms with E-state index in [1.807, 2.05) is 0 Å². The second kappa shape index (κ2) is 7.29. The molecule has 0 atom stereocenters. The van der Waals surface area contributed by atoms with Gasteiger partial charge in [-0.1, -0.05) is 26.7 Å². The molecule has 0 fully saturated rings. The Bertz CT molecular complexity index is 184. The minimum absolute atomic E-state index is 0. The zero-order chi connectivity index (χ0) is 10.4. The van der Waals surface area contributed by atoms with Crippen molar-refractivity contribution in [3.8, 4) is 0 Å². The van der Waals surface area contributed by atoms with Crippen molar-refractivity contribution in [3.63, 3.8) is 0 Å². The second-order valence-corrected chi connectivity index (χ2v) is 4.57. The van der Waals surface area contributed by atoms with Gasteiger partial charge in [0.15, 0.2) is 6.67 Å². The third kappa shape index (κ3) is 4.56. The van der Waals surface area contributed by atoms with Crippen LogP contribution in [-0.2, 0) is 0 Å². The van der Waals surface area contributed by atoms with E-state index in [4.69, 9.17) is 0 Å². The van der Waals surface area contributed by atoms with E-state index in [0.717, 1.165) is 0 Å². The van der Waals surface area contributed by atoms with Crippen LogP contribution in [0.3, 0.4) is 0 Å². The molecule has 1 aliphatic rings. The monoisotopic (exact) mass is 276 g/mol. The summed E-state index contributed by atoms with van der Waals surface area (Å²) in [6.07, 6.45) is 9.95. The molecule has 0 aromatic rings. The number of halogens is 1. The summed E-state index contributed by atoms with van der Waals surface area (Å²) in [5.74, 6) is 0. The van der Waals surface area contributed by atoms with Gasteiger partial charge in [-0.2, -0.15) is 0 Å². The first kappa shape index (κ1) is 15.0. The number of hydrogen-bond donors (Lipinski definition) is 0. The maximum Gasteiger partial charge on any atom is 0.158 e. The molecule has 0 unspecified atom stereocenters. The molecule has 3 heteroatoms. The highest BCUT2D eigenvalue weighted by molar-refractivity contribution is 4.79. The topological polar surface area (TPSA) is 3.24 Å². The van der Waals surface area contributed by atoms with Crippen LogP contribution in [0.15, 0.2) is 12.4 Å². The molecule has 1 aliphatic heterocycles. The maximum absolute atomic E-state index is 2.39. The minimum Gasteiger partial charge on any atom is -1.00 e. The lowest BCUT2D eigenvalue weighted by molar-refractivity contribution is -0.881. The van der Waals surface area contributed by atoms with Crippen molar-refractivity contribution in [2.75, 3.05) is 26.8 Å². The van der Waals surface area contributed by atoms with E-state index in [-0.39, 0.29) is 17.0 Å². The zero-order valence-corrected chi connectivity index (χ0v) is 12.0. The Hall–Kier alpha value is -0.0200. The van der Waals surface area contributed by atoms with Gasteiger partial charge in [0, 0.05) is 7.05 Å². The van der Waals surface area contributed by atoms with Crippen molar-refractivity contribution in [2.45, 2.75) is 39.5 Å². The predicted molar refractivity (Wildman–Crippen MR) is 61.6 cm³/mol. The lowest BCUT2D eigenvalue weighted by Crippen LogP contribution is -3.00.